The molecule has 2 N–H and O–H groups in total. The molecule has 0 unspecified atom stereocenters. The summed E-state index contributed by atoms with van der Waals surface area (Å²) >= 11 is 0. The predicted octanol–water partition coefficient (Wildman–Crippen LogP) is 3.17. The van der Waals surface area contributed by atoms with Gasteiger partial charge in [0.05, 0.1) is 17.5 Å². The number of pyridine rings is 1. The molecule has 0 saturated carbocycles. The summed E-state index contributed by atoms with van der Waals surface area (Å²) in [5, 5.41) is 18.2. The largest absolute Gasteiger partial charge is 0.505 e. The first-order valence-corrected chi connectivity index (χ1v) is 5.39. The summed E-state index contributed by atoms with van der Waals surface area (Å²) in [5.41, 5.74) is -0.692. The highest BCUT2D eigenvalue weighted by Gasteiger charge is 2.30. The predicted molar refractivity (Wildman–Crippen MR) is 63.3 cm³/mol. The highest BCUT2D eigenvalue weighted by molar-refractivity contribution is 5.91. The van der Waals surface area contributed by atoms with Crippen LogP contribution < -0.4 is 0 Å². The van der Waals surface area contributed by atoms with E-state index in [9.17, 15) is 23.1 Å². The molecule has 0 radical (unpaired) electrons. The second-order valence-electron chi connectivity index (χ2n) is 3.97. The number of carboxylic acids is 1. The molecule has 0 spiro atoms. The van der Waals surface area contributed by atoms with Crippen LogP contribution in [0.25, 0.3) is 11.3 Å². The third-order valence-corrected chi connectivity index (χ3v) is 2.62. The van der Waals surface area contributed by atoms with Crippen LogP contribution in [0.2, 0.25) is 0 Å². The van der Waals surface area contributed by atoms with Crippen molar-refractivity contribution in [1.82, 2.24) is 4.98 Å². The van der Waals surface area contributed by atoms with Gasteiger partial charge in [0, 0.05) is 5.56 Å². The van der Waals surface area contributed by atoms with Gasteiger partial charge in [-0.2, -0.15) is 13.2 Å². The van der Waals surface area contributed by atoms with Gasteiger partial charge in [0.1, 0.15) is 11.3 Å². The SMILES string of the molecule is O=C(O)c1cc(-c2ccc(C(F)(F)F)cc2)ncc1O. The molecule has 1 aromatic carbocycles. The first kappa shape index (κ1) is 13.9. The van der Waals surface area contributed by atoms with E-state index in [-0.39, 0.29) is 11.3 Å². The van der Waals surface area contributed by atoms with E-state index in [1.54, 1.807) is 0 Å². The Hall–Kier alpha value is -2.57. The first-order valence-electron chi connectivity index (χ1n) is 5.39. The Morgan fingerprint density at radius 3 is 2.25 bits per heavy atom. The molecule has 20 heavy (non-hydrogen) atoms. The quantitative estimate of drug-likeness (QED) is 0.888. The Morgan fingerprint density at radius 2 is 1.75 bits per heavy atom. The fourth-order valence-electron chi connectivity index (χ4n) is 1.61. The van der Waals surface area contributed by atoms with Crippen LogP contribution in [0.4, 0.5) is 13.2 Å². The lowest BCUT2D eigenvalue weighted by atomic mass is 10.1. The maximum absolute atomic E-state index is 12.4. The molecule has 0 saturated heterocycles. The number of carbonyl (C=O) groups is 1. The minimum absolute atomic E-state index is 0.161. The summed E-state index contributed by atoms with van der Waals surface area (Å²) in [7, 11) is 0. The lowest BCUT2D eigenvalue weighted by molar-refractivity contribution is -0.137. The van der Waals surface area contributed by atoms with E-state index >= 15 is 0 Å². The van der Waals surface area contributed by atoms with Gasteiger partial charge in [0.25, 0.3) is 0 Å². The zero-order valence-electron chi connectivity index (χ0n) is 9.85. The standard InChI is InChI=1S/C13H8F3NO3/c14-13(15,16)8-3-1-7(2-4-8)10-5-9(12(19)20)11(18)6-17-10/h1-6,18H,(H,19,20). The molecule has 0 aliphatic rings. The van der Waals surface area contributed by atoms with Crippen molar-refractivity contribution in [3.05, 3.63) is 47.7 Å². The fourth-order valence-corrected chi connectivity index (χ4v) is 1.61. The molecule has 1 aromatic heterocycles. The van der Waals surface area contributed by atoms with Crippen LogP contribution in [-0.2, 0) is 6.18 Å². The number of alkyl halides is 3. The van der Waals surface area contributed by atoms with Gasteiger partial charge in [-0.3, -0.25) is 4.98 Å². The van der Waals surface area contributed by atoms with Gasteiger partial charge in [0.2, 0.25) is 0 Å². The number of hydrogen-bond acceptors (Lipinski definition) is 3. The van der Waals surface area contributed by atoms with E-state index in [4.69, 9.17) is 5.11 Å². The van der Waals surface area contributed by atoms with Crippen LogP contribution in [0, 0.1) is 0 Å². The zero-order chi connectivity index (χ0) is 14.9. The van der Waals surface area contributed by atoms with E-state index in [2.05, 4.69) is 4.98 Å². The van der Waals surface area contributed by atoms with Gasteiger partial charge >= 0.3 is 12.1 Å². The summed E-state index contributed by atoms with van der Waals surface area (Å²) in [6.45, 7) is 0. The number of aromatic carboxylic acids is 1. The minimum Gasteiger partial charge on any atom is -0.505 e. The van der Waals surface area contributed by atoms with Crippen LogP contribution in [0.15, 0.2) is 36.5 Å². The molecular formula is C13H8F3NO3. The van der Waals surface area contributed by atoms with Crippen molar-refractivity contribution in [3.8, 4) is 17.0 Å². The van der Waals surface area contributed by atoms with Crippen molar-refractivity contribution in [2.75, 3.05) is 0 Å². The summed E-state index contributed by atoms with van der Waals surface area (Å²) < 4.78 is 37.3. The molecule has 1 heterocycles. The lowest BCUT2D eigenvalue weighted by Gasteiger charge is -2.08. The number of halogens is 3. The number of carboxylic acid groups (broad SMARTS) is 1. The number of hydrogen-bond donors (Lipinski definition) is 2. The Labute approximate surface area is 111 Å². The van der Waals surface area contributed by atoms with E-state index in [1.165, 1.54) is 12.1 Å². The van der Waals surface area contributed by atoms with E-state index in [1.807, 2.05) is 0 Å². The number of nitrogens with zero attached hydrogens (tertiary/aromatic N) is 1. The summed E-state index contributed by atoms with van der Waals surface area (Å²) in [4.78, 5) is 14.6. The number of rotatable bonds is 2. The third kappa shape index (κ3) is 2.71. The summed E-state index contributed by atoms with van der Waals surface area (Å²) in [6, 6.07) is 5.23. The summed E-state index contributed by atoms with van der Waals surface area (Å²) in [5.74, 6) is -1.86. The first-order chi connectivity index (χ1) is 9.29. The van der Waals surface area contributed by atoms with Crippen molar-refractivity contribution >= 4 is 5.97 Å². The van der Waals surface area contributed by atoms with E-state index < -0.39 is 23.5 Å². The van der Waals surface area contributed by atoms with Crippen LogP contribution in [0.1, 0.15) is 15.9 Å². The van der Waals surface area contributed by atoms with Crippen LogP contribution in [0.3, 0.4) is 0 Å². The molecule has 7 heteroatoms. The Bertz CT molecular complexity index is 651. The lowest BCUT2D eigenvalue weighted by Crippen LogP contribution is -2.04. The Morgan fingerprint density at radius 1 is 1.15 bits per heavy atom. The molecule has 4 nitrogen and oxygen atoms in total. The molecule has 0 fully saturated rings. The maximum atomic E-state index is 12.4. The molecule has 104 valence electrons. The van der Waals surface area contributed by atoms with Gasteiger partial charge in [-0.15, -0.1) is 0 Å². The zero-order valence-corrected chi connectivity index (χ0v) is 9.85. The highest BCUT2D eigenvalue weighted by Crippen LogP contribution is 2.31. The monoisotopic (exact) mass is 283 g/mol. The molecule has 0 aliphatic heterocycles. The van der Waals surface area contributed by atoms with E-state index in [0.717, 1.165) is 24.4 Å². The molecule has 0 aliphatic carbocycles. The highest BCUT2D eigenvalue weighted by atomic mass is 19.4. The van der Waals surface area contributed by atoms with Gasteiger partial charge in [-0.1, -0.05) is 12.1 Å². The maximum Gasteiger partial charge on any atom is 0.416 e. The van der Waals surface area contributed by atoms with Crippen LogP contribution in [0.5, 0.6) is 5.75 Å². The average Bonchev–Trinajstić information content (AvgIpc) is 2.38. The number of aromatic nitrogens is 1. The summed E-state index contributed by atoms with van der Waals surface area (Å²) in [6.07, 6.45) is -3.50. The molecule has 2 rings (SSSR count). The fraction of sp³-hybridized carbons (Fsp3) is 0.0769. The smallest absolute Gasteiger partial charge is 0.416 e. The number of benzene rings is 1. The van der Waals surface area contributed by atoms with Gasteiger partial charge in [0.15, 0.2) is 0 Å². The van der Waals surface area contributed by atoms with Crippen LogP contribution >= 0.6 is 0 Å². The average molecular weight is 283 g/mol. The second-order valence-corrected chi connectivity index (χ2v) is 3.97. The minimum atomic E-state index is -4.44. The molecule has 0 amide bonds. The molecular weight excluding hydrogens is 275 g/mol. The topological polar surface area (TPSA) is 70.4 Å². The van der Waals surface area contributed by atoms with Gasteiger partial charge < -0.3 is 10.2 Å². The van der Waals surface area contributed by atoms with Crippen molar-refractivity contribution in [2.45, 2.75) is 6.18 Å². The molecule has 0 bridgehead atoms. The molecule has 2 aromatic rings. The van der Waals surface area contributed by atoms with Crippen molar-refractivity contribution in [2.24, 2.45) is 0 Å². The van der Waals surface area contributed by atoms with Crippen molar-refractivity contribution in [3.63, 3.8) is 0 Å². The van der Waals surface area contributed by atoms with Crippen molar-refractivity contribution in [1.29, 1.82) is 0 Å². The van der Waals surface area contributed by atoms with E-state index in [0.29, 0.717) is 5.56 Å². The van der Waals surface area contributed by atoms with Gasteiger partial charge in [-0.25, -0.2) is 4.79 Å². The third-order valence-electron chi connectivity index (χ3n) is 2.62. The Balaban J connectivity index is 2.42. The van der Waals surface area contributed by atoms with Crippen LogP contribution in [-0.4, -0.2) is 21.2 Å². The Kier molecular flexibility index (Phi) is 3.35. The van der Waals surface area contributed by atoms with Gasteiger partial charge in [-0.05, 0) is 18.2 Å². The molecule has 0 atom stereocenters. The normalized spacial score (nSPS) is 11.3. The number of aromatic hydroxyl groups is 1. The second kappa shape index (κ2) is 4.84. The van der Waals surface area contributed by atoms with Crippen molar-refractivity contribution < 1.29 is 28.2 Å².